The molecule has 1 aliphatic heterocycles. The molecule has 1 aliphatic carbocycles. The van der Waals surface area contributed by atoms with Gasteiger partial charge in [0.1, 0.15) is 0 Å². The van der Waals surface area contributed by atoms with Crippen LogP contribution in [-0.2, 0) is 0 Å². The molecule has 1 saturated carbocycles. The predicted molar refractivity (Wildman–Crippen MR) is 73.3 cm³/mol. The zero-order chi connectivity index (χ0) is 12.1. The predicted octanol–water partition coefficient (Wildman–Crippen LogP) is 2.53. The van der Waals surface area contributed by atoms with Crippen molar-refractivity contribution in [1.82, 2.24) is 10.6 Å². The van der Waals surface area contributed by atoms with E-state index in [1.54, 1.807) is 0 Å². The smallest absolute Gasteiger partial charge is 0.191 e. The first kappa shape index (κ1) is 12.7. The molecule has 0 aromatic heterocycles. The summed E-state index contributed by atoms with van der Waals surface area (Å²) in [4.78, 5) is 4.50. The van der Waals surface area contributed by atoms with Crippen molar-refractivity contribution >= 4 is 5.96 Å². The Bertz CT molecular complexity index is 265. The van der Waals surface area contributed by atoms with Gasteiger partial charge in [0.2, 0.25) is 0 Å². The molecule has 2 rings (SSSR count). The summed E-state index contributed by atoms with van der Waals surface area (Å²) in [5.74, 6) is 1.84. The first-order valence-electron chi connectivity index (χ1n) is 7.22. The van der Waals surface area contributed by atoms with E-state index in [2.05, 4.69) is 29.5 Å². The Balaban J connectivity index is 1.87. The average Bonchev–Trinajstić information content (AvgIpc) is 2.76. The fourth-order valence-electron chi connectivity index (χ4n) is 3.37. The van der Waals surface area contributed by atoms with Gasteiger partial charge in [0, 0.05) is 19.6 Å². The molecular formula is C14H27N3. The van der Waals surface area contributed by atoms with Crippen LogP contribution in [-0.4, -0.2) is 25.6 Å². The molecule has 2 aliphatic rings. The van der Waals surface area contributed by atoms with Crippen molar-refractivity contribution in [3.8, 4) is 0 Å². The third-order valence-corrected chi connectivity index (χ3v) is 4.03. The summed E-state index contributed by atoms with van der Waals surface area (Å²) >= 11 is 0. The van der Waals surface area contributed by atoms with E-state index >= 15 is 0 Å². The molecule has 98 valence electrons. The van der Waals surface area contributed by atoms with Crippen LogP contribution in [0.5, 0.6) is 0 Å². The number of aliphatic imine (C=N–C) groups is 1. The van der Waals surface area contributed by atoms with E-state index in [4.69, 9.17) is 0 Å². The van der Waals surface area contributed by atoms with Gasteiger partial charge in [-0.05, 0) is 37.0 Å². The minimum absolute atomic E-state index is 0.538. The van der Waals surface area contributed by atoms with Gasteiger partial charge in [-0.1, -0.05) is 26.7 Å². The lowest BCUT2D eigenvalue weighted by Gasteiger charge is -2.32. The van der Waals surface area contributed by atoms with Gasteiger partial charge in [-0.2, -0.15) is 0 Å². The number of guanidine groups is 1. The van der Waals surface area contributed by atoms with Crippen LogP contribution in [0, 0.1) is 11.3 Å². The van der Waals surface area contributed by atoms with Crippen molar-refractivity contribution in [3.63, 3.8) is 0 Å². The molecule has 3 nitrogen and oxygen atoms in total. The Morgan fingerprint density at radius 1 is 1.29 bits per heavy atom. The van der Waals surface area contributed by atoms with Crippen molar-refractivity contribution in [2.24, 2.45) is 16.3 Å². The van der Waals surface area contributed by atoms with E-state index in [0.29, 0.717) is 5.41 Å². The molecule has 0 saturated heterocycles. The molecule has 17 heavy (non-hydrogen) atoms. The lowest BCUT2D eigenvalue weighted by molar-refractivity contribution is 0.234. The molecule has 1 heterocycles. The normalized spacial score (nSPS) is 23.4. The molecule has 0 unspecified atom stereocenters. The number of hydrogen-bond acceptors (Lipinski definition) is 3. The van der Waals surface area contributed by atoms with Crippen LogP contribution in [0.4, 0.5) is 0 Å². The van der Waals surface area contributed by atoms with Crippen molar-refractivity contribution in [1.29, 1.82) is 0 Å². The summed E-state index contributed by atoms with van der Waals surface area (Å²) in [6, 6.07) is 0. The Kier molecular flexibility index (Phi) is 4.30. The second-order valence-electron chi connectivity index (χ2n) is 6.17. The molecule has 1 fully saturated rings. The van der Waals surface area contributed by atoms with E-state index in [-0.39, 0.29) is 0 Å². The van der Waals surface area contributed by atoms with Crippen molar-refractivity contribution in [2.75, 3.05) is 19.6 Å². The quantitative estimate of drug-likeness (QED) is 0.788. The lowest BCUT2D eigenvalue weighted by Crippen LogP contribution is -2.45. The molecule has 0 radical (unpaired) electrons. The van der Waals surface area contributed by atoms with Gasteiger partial charge in [-0.3, -0.25) is 4.99 Å². The second kappa shape index (κ2) is 5.74. The van der Waals surface area contributed by atoms with Crippen LogP contribution in [0.1, 0.15) is 52.4 Å². The van der Waals surface area contributed by atoms with Crippen LogP contribution >= 0.6 is 0 Å². The number of nitrogens with one attached hydrogen (secondary N) is 2. The SMILES string of the molecule is CC(C)CC1(CNC2=NCCCN2)CCCC1. The molecule has 0 aromatic carbocycles. The zero-order valence-corrected chi connectivity index (χ0v) is 11.4. The van der Waals surface area contributed by atoms with E-state index in [9.17, 15) is 0 Å². The summed E-state index contributed by atoms with van der Waals surface area (Å²) in [5.41, 5.74) is 0.538. The Morgan fingerprint density at radius 3 is 2.65 bits per heavy atom. The molecule has 2 N–H and O–H groups in total. The third kappa shape index (κ3) is 3.62. The molecule has 0 amide bonds. The van der Waals surface area contributed by atoms with Gasteiger partial charge in [0.25, 0.3) is 0 Å². The van der Waals surface area contributed by atoms with Crippen LogP contribution in [0.2, 0.25) is 0 Å². The van der Waals surface area contributed by atoms with Crippen molar-refractivity contribution in [3.05, 3.63) is 0 Å². The van der Waals surface area contributed by atoms with Crippen molar-refractivity contribution in [2.45, 2.75) is 52.4 Å². The van der Waals surface area contributed by atoms with Crippen LogP contribution in [0.25, 0.3) is 0 Å². The largest absolute Gasteiger partial charge is 0.356 e. The van der Waals surface area contributed by atoms with E-state index < -0.39 is 0 Å². The minimum atomic E-state index is 0.538. The number of nitrogens with zero attached hydrogens (tertiary/aromatic N) is 1. The topological polar surface area (TPSA) is 36.4 Å². The molecule has 3 heteroatoms. The Labute approximate surface area is 105 Å². The summed E-state index contributed by atoms with van der Waals surface area (Å²) in [5, 5.41) is 6.90. The van der Waals surface area contributed by atoms with Gasteiger partial charge in [0.15, 0.2) is 5.96 Å². The summed E-state index contributed by atoms with van der Waals surface area (Å²) < 4.78 is 0. The summed E-state index contributed by atoms with van der Waals surface area (Å²) in [6.45, 7) is 7.85. The fourth-order valence-corrected chi connectivity index (χ4v) is 3.37. The van der Waals surface area contributed by atoms with Gasteiger partial charge in [-0.25, -0.2) is 0 Å². The van der Waals surface area contributed by atoms with Gasteiger partial charge in [-0.15, -0.1) is 0 Å². The van der Waals surface area contributed by atoms with Gasteiger partial charge < -0.3 is 10.6 Å². The first-order valence-corrected chi connectivity index (χ1v) is 7.22. The number of hydrogen-bond donors (Lipinski definition) is 2. The monoisotopic (exact) mass is 237 g/mol. The highest BCUT2D eigenvalue weighted by atomic mass is 15.2. The fraction of sp³-hybridized carbons (Fsp3) is 0.929. The lowest BCUT2D eigenvalue weighted by atomic mass is 9.78. The average molecular weight is 237 g/mol. The van der Waals surface area contributed by atoms with E-state index in [1.165, 1.54) is 38.5 Å². The zero-order valence-electron chi connectivity index (χ0n) is 11.4. The maximum atomic E-state index is 4.50. The molecule has 0 atom stereocenters. The standard InChI is InChI=1S/C14H27N3/c1-12(2)10-14(6-3-4-7-14)11-17-13-15-8-5-9-16-13/h12H,3-11H2,1-2H3,(H2,15,16,17). The van der Waals surface area contributed by atoms with E-state index in [0.717, 1.165) is 31.5 Å². The van der Waals surface area contributed by atoms with Crippen LogP contribution < -0.4 is 10.6 Å². The maximum Gasteiger partial charge on any atom is 0.191 e. The van der Waals surface area contributed by atoms with Crippen molar-refractivity contribution < 1.29 is 0 Å². The molecule has 0 bridgehead atoms. The third-order valence-electron chi connectivity index (χ3n) is 4.03. The first-order chi connectivity index (χ1) is 8.20. The van der Waals surface area contributed by atoms with Crippen LogP contribution in [0.3, 0.4) is 0 Å². The van der Waals surface area contributed by atoms with Crippen LogP contribution in [0.15, 0.2) is 4.99 Å². The van der Waals surface area contributed by atoms with Gasteiger partial charge in [0.05, 0.1) is 0 Å². The molecular weight excluding hydrogens is 210 g/mol. The van der Waals surface area contributed by atoms with Gasteiger partial charge >= 0.3 is 0 Å². The highest BCUT2D eigenvalue weighted by Gasteiger charge is 2.34. The Morgan fingerprint density at radius 2 is 2.06 bits per heavy atom. The maximum absolute atomic E-state index is 4.50. The summed E-state index contributed by atoms with van der Waals surface area (Å²) in [7, 11) is 0. The van der Waals surface area contributed by atoms with E-state index in [1.807, 2.05) is 0 Å². The second-order valence-corrected chi connectivity index (χ2v) is 6.17. The summed E-state index contributed by atoms with van der Waals surface area (Å²) in [6.07, 6.45) is 8.13. The minimum Gasteiger partial charge on any atom is -0.356 e. The number of rotatable bonds is 4. The highest BCUT2D eigenvalue weighted by Crippen LogP contribution is 2.42. The Hall–Kier alpha value is -0.730. The molecule has 0 aromatic rings. The highest BCUT2D eigenvalue weighted by molar-refractivity contribution is 5.80. The molecule has 0 spiro atoms.